The molecule has 0 bridgehead atoms. The maximum absolute atomic E-state index is 12.0. The zero-order valence-corrected chi connectivity index (χ0v) is 12.9. The Hall–Kier alpha value is -2.49. The van der Waals surface area contributed by atoms with E-state index < -0.39 is 0 Å². The summed E-state index contributed by atoms with van der Waals surface area (Å²) in [5.41, 5.74) is 9.00. The number of pyridine rings is 1. The molecule has 0 unspecified atom stereocenters. The van der Waals surface area contributed by atoms with Crippen LogP contribution in [0.15, 0.2) is 41.6 Å². The number of carbonyl (C=O) groups excluding carboxylic acids is 1. The summed E-state index contributed by atoms with van der Waals surface area (Å²) in [7, 11) is 0. The van der Waals surface area contributed by atoms with Gasteiger partial charge in [0.25, 0.3) is 5.91 Å². The quantitative estimate of drug-likeness (QED) is 0.865. The first kappa shape index (κ1) is 14.4. The van der Waals surface area contributed by atoms with Crippen molar-refractivity contribution in [3.05, 3.63) is 64.5 Å². The van der Waals surface area contributed by atoms with Gasteiger partial charge in [0.2, 0.25) is 0 Å². The van der Waals surface area contributed by atoms with Crippen molar-refractivity contribution in [2.24, 2.45) is 5.10 Å². The van der Waals surface area contributed by atoms with Gasteiger partial charge in [-0.25, -0.2) is 5.43 Å². The summed E-state index contributed by atoms with van der Waals surface area (Å²) in [6, 6.07) is 9.66. The lowest BCUT2D eigenvalue weighted by atomic mass is 9.87. The van der Waals surface area contributed by atoms with Crippen LogP contribution in [0, 0.1) is 13.8 Å². The second-order valence-corrected chi connectivity index (χ2v) is 5.66. The lowest BCUT2D eigenvalue weighted by Gasteiger charge is -2.19. The molecule has 0 radical (unpaired) electrons. The van der Waals surface area contributed by atoms with Crippen molar-refractivity contribution in [1.82, 2.24) is 10.4 Å². The van der Waals surface area contributed by atoms with Crippen molar-refractivity contribution in [3.8, 4) is 0 Å². The van der Waals surface area contributed by atoms with E-state index in [0.717, 1.165) is 30.5 Å². The highest BCUT2D eigenvalue weighted by atomic mass is 16.2. The lowest BCUT2D eigenvalue weighted by molar-refractivity contribution is 0.0950. The number of hydrogen-bond donors (Lipinski definition) is 1. The average Bonchev–Trinajstić information content (AvgIpc) is 2.54. The summed E-state index contributed by atoms with van der Waals surface area (Å²) in [4.78, 5) is 16.1. The topological polar surface area (TPSA) is 54.4 Å². The highest BCUT2D eigenvalue weighted by molar-refractivity contribution is 6.04. The maximum atomic E-state index is 12.0. The molecule has 3 rings (SSSR count). The van der Waals surface area contributed by atoms with Gasteiger partial charge in [0.1, 0.15) is 5.69 Å². The van der Waals surface area contributed by atoms with Crippen LogP contribution in [-0.4, -0.2) is 16.6 Å². The van der Waals surface area contributed by atoms with Crippen molar-refractivity contribution in [2.45, 2.75) is 33.1 Å². The number of nitrogens with one attached hydrogen (secondary N) is 1. The molecule has 0 spiro atoms. The van der Waals surface area contributed by atoms with Crippen molar-refractivity contribution < 1.29 is 4.79 Å². The van der Waals surface area contributed by atoms with Gasteiger partial charge in [0.05, 0.1) is 5.71 Å². The number of benzene rings is 1. The first-order valence-electron chi connectivity index (χ1n) is 7.53. The summed E-state index contributed by atoms with van der Waals surface area (Å²) in [5.74, 6) is -0.274. The molecule has 4 nitrogen and oxygen atoms in total. The minimum Gasteiger partial charge on any atom is -0.266 e. The van der Waals surface area contributed by atoms with E-state index in [-0.39, 0.29) is 5.91 Å². The summed E-state index contributed by atoms with van der Waals surface area (Å²) < 4.78 is 0. The van der Waals surface area contributed by atoms with Crippen LogP contribution in [0.1, 0.15) is 45.6 Å². The molecule has 4 heteroatoms. The second kappa shape index (κ2) is 6.10. The molecule has 22 heavy (non-hydrogen) atoms. The monoisotopic (exact) mass is 293 g/mol. The fourth-order valence-electron chi connectivity index (χ4n) is 2.72. The predicted octanol–water partition coefficient (Wildman–Crippen LogP) is 3.17. The van der Waals surface area contributed by atoms with E-state index in [0.29, 0.717) is 5.69 Å². The second-order valence-electron chi connectivity index (χ2n) is 5.66. The highest BCUT2D eigenvalue weighted by Crippen LogP contribution is 2.24. The van der Waals surface area contributed by atoms with Gasteiger partial charge in [-0.05, 0) is 68.0 Å². The molecule has 1 heterocycles. The van der Waals surface area contributed by atoms with Gasteiger partial charge in [-0.3, -0.25) is 9.78 Å². The Bertz CT molecular complexity index is 735. The van der Waals surface area contributed by atoms with E-state index in [4.69, 9.17) is 0 Å². The Balaban J connectivity index is 1.85. The van der Waals surface area contributed by atoms with E-state index in [1.807, 2.05) is 0 Å². The number of aromatic nitrogens is 1. The molecular weight excluding hydrogens is 274 g/mol. The molecule has 1 aliphatic carbocycles. The smallest absolute Gasteiger partial charge is 0.266 e. The van der Waals surface area contributed by atoms with Crippen LogP contribution in [0.4, 0.5) is 0 Å². The Morgan fingerprint density at radius 1 is 1.18 bits per heavy atom. The maximum Gasteiger partial charge on any atom is 0.289 e. The summed E-state index contributed by atoms with van der Waals surface area (Å²) >= 11 is 0. The molecule has 1 aromatic carbocycles. The molecule has 0 atom stereocenters. The molecule has 112 valence electrons. The van der Waals surface area contributed by atoms with Crippen LogP contribution in [0.25, 0.3) is 0 Å². The zero-order valence-electron chi connectivity index (χ0n) is 12.9. The number of aryl methyl sites for hydroxylation is 3. The largest absolute Gasteiger partial charge is 0.289 e. The van der Waals surface area contributed by atoms with Crippen molar-refractivity contribution in [1.29, 1.82) is 0 Å². The van der Waals surface area contributed by atoms with Crippen LogP contribution >= 0.6 is 0 Å². The average molecular weight is 293 g/mol. The number of amides is 1. The van der Waals surface area contributed by atoms with Gasteiger partial charge in [-0.1, -0.05) is 12.1 Å². The predicted molar refractivity (Wildman–Crippen MR) is 87.1 cm³/mol. The van der Waals surface area contributed by atoms with E-state index in [2.05, 4.69) is 41.5 Å². The standard InChI is InChI=1S/C18H19N3O/c1-12-10-14-6-5-8-16(15(14)11-13(12)2)20-21-18(22)17-7-3-4-9-19-17/h3-4,7,9-11H,5-6,8H2,1-2H3,(H,21,22)/b20-16+. The van der Waals surface area contributed by atoms with Crippen LogP contribution in [0.5, 0.6) is 0 Å². The SMILES string of the molecule is Cc1cc2c(cc1C)/C(=N/NC(=O)c1ccccn1)CCC2. The van der Waals surface area contributed by atoms with Gasteiger partial charge in [0, 0.05) is 11.8 Å². The third-order valence-electron chi connectivity index (χ3n) is 4.08. The Labute approximate surface area is 130 Å². The highest BCUT2D eigenvalue weighted by Gasteiger charge is 2.17. The molecular formula is C18H19N3O. The minimum absolute atomic E-state index is 0.274. The fraction of sp³-hybridized carbons (Fsp3) is 0.278. The van der Waals surface area contributed by atoms with Crippen LogP contribution in [0.2, 0.25) is 0 Å². The van der Waals surface area contributed by atoms with Gasteiger partial charge in [0.15, 0.2) is 0 Å². The number of fused-ring (bicyclic) bond motifs is 1. The first-order valence-corrected chi connectivity index (χ1v) is 7.53. The van der Waals surface area contributed by atoms with Crippen LogP contribution in [0.3, 0.4) is 0 Å². The number of hydrazone groups is 1. The third kappa shape index (κ3) is 2.91. The minimum atomic E-state index is -0.274. The molecule has 0 saturated carbocycles. The normalized spacial score (nSPS) is 15.5. The van der Waals surface area contributed by atoms with E-state index in [1.165, 1.54) is 16.7 Å². The number of hydrogen-bond acceptors (Lipinski definition) is 3. The summed E-state index contributed by atoms with van der Waals surface area (Å²) in [6.45, 7) is 4.23. The molecule has 0 saturated heterocycles. The Morgan fingerprint density at radius 2 is 2.00 bits per heavy atom. The first-order chi connectivity index (χ1) is 10.6. The van der Waals surface area contributed by atoms with Crippen LogP contribution < -0.4 is 5.43 Å². The van der Waals surface area contributed by atoms with Crippen molar-refractivity contribution in [3.63, 3.8) is 0 Å². The Morgan fingerprint density at radius 3 is 2.77 bits per heavy atom. The van der Waals surface area contributed by atoms with Gasteiger partial charge in [-0.15, -0.1) is 0 Å². The van der Waals surface area contributed by atoms with Crippen LogP contribution in [-0.2, 0) is 6.42 Å². The molecule has 1 amide bonds. The van der Waals surface area contributed by atoms with Gasteiger partial charge in [-0.2, -0.15) is 5.10 Å². The Kier molecular flexibility index (Phi) is 4.00. The fourth-order valence-corrected chi connectivity index (χ4v) is 2.72. The number of nitrogens with zero attached hydrogens (tertiary/aromatic N) is 2. The third-order valence-corrected chi connectivity index (χ3v) is 4.08. The molecule has 0 aliphatic heterocycles. The van der Waals surface area contributed by atoms with Gasteiger partial charge < -0.3 is 0 Å². The lowest BCUT2D eigenvalue weighted by Crippen LogP contribution is -2.23. The molecule has 2 aromatic rings. The molecule has 0 fully saturated rings. The van der Waals surface area contributed by atoms with E-state index >= 15 is 0 Å². The van der Waals surface area contributed by atoms with E-state index in [9.17, 15) is 4.79 Å². The zero-order chi connectivity index (χ0) is 15.5. The number of carbonyl (C=O) groups is 1. The summed E-state index contributed by atoms with van der Waals surface area (Å²) in [5, 5.41) is 4.35. The van der Waals surface area contributed by atoms with Crippen molar-refractivity contribution in [2.75, 3.05) is 0 Å². The molecule has 1 aromatic heterocycles. The van der Waals surface area contributed by atoms with E-state index in [1.54, 1.807) is 24.4 Å². The number of rotatable bonds is 2. The van der Waals surface area contributed by atoms with Crippen molar-refractivity contribution >= 4 is 11.6 Å². The molecule has 1 aliphatic rings. The van der Waals surface area contributed by atoms with Gasteiger partial charge >= 0.3 is 0 Å². The molecule has 1 N–H and O–H groups in total. The summed E-state index contributed by atoms with van der Waals surface area (Å²) in [6.07, 6.45) is 4.62.